The first-order chi connectivity index (χ1) is 7.08. The first-order valence-corrected chi connectivity index (χ1v) is 5.59. The first kappa shape index (κ1) is 10.4. The molecule has 0 radical (unpaired) electrons. The van der Waals surface area contributed by atoms with Crippen molar-refractivity contribution in [3.63, 3.8) is 0 Å². The fraction of sp³-hybridized carbons (Fsp3) is 0.667. The molecule has 0 saturated heterocycles. The number of carbonyl (C=O) groups excluding carboxylic acids is 1. The van der Waals surface area contributed by atoms with Gasteiger partial charge < -0.3 is 4.57 Å². The van der Waals surface area contributed by atoms with E-state index in [-0.39, 0.29) is 0 Å². The Bertz CT molecular complexity index is 361. The van der Waals surface area contributed by atoms with Gasteiger partial charge in [0.1, 0.15) is 11.6 Å². The second-order valence-electron chi connectivity index (χ2n) is 4.69. The maximum Gasteiger partial charge on any atom is 0.133 e. The molecule has 0 aromatic carbocycles. The van der Waals surface area contributed by atoms with Gasteiger partial charge in [0.05, 0.1) is 5.69 Å². The van der Waals surface area contributed by atoms with Crippen LogP contribution in [0.25, 0.3) is 0 Å². The summed E-state index contributed by atoms with van der Waals surface area (Å²) >= 11 is 0. The summed E-state index contributed by atoms with van der Waals surface area (Å²) in [6.45, 7) is 4.22. The standard InChI is InChI=1S/C12H18N2O/c1-8-4-5-10(15)6-11(8)12-7-14(3)9(2)13-12/h7-8,11H,4-6H2,1-3H3. The summed E-state index contributed by atoms with van der Waals surface area (Å²) in [4.78, 5) is 16.0. The van der Waals surface area contributed by atoms with Crippen molar-refractivity contribution in [2.45, 2.75) is 39.0 Å². The maximum absolute atomic E-state index is 11.4. The molecule has 1 aliphatic carbocycles. The number of hydrogen-bond acceptors (Lipinski definition) is 2. The second kappa shape index (κ2) is 3.80. The van der Waals surface area contributed by atoms with E-state index in [4.69, 9.17) is 0 Å². The molecule has 1 fully saturated rings. The average molecular weight is 206 g/mol. The largest absolute Gasteiger partial charge is 0.338 e. The molecule has 2 rings (SSSR count). The van der Waals surface area contributed by atoms with E-state index in [2.05, 4.69) is 18.1 Å². The number of aryl methyl sites for hydroxylation is 2. The Balaban J connectivity index is 2.24. The highest BCUT2D eigenvalue weighted by atomic mass is 16.1. The Morgan fingerprint density at radius 1 is 1.53 bits per heavy atom. The summed E-state index contributed by atoms with van der Waals surface area (Å²) in [7, 11) is 2.00. The summed E-state index contributed by atoms with van der Waals surface area (Å²) in [6, 6.07) is 0. The van der Waals surface area contributed by atoms with E-state index in [9.17, 15) is 4.79 Å². The van der Waals surface area contributed by atoms with Crippen molar-refractivity contribution < 1.29 is 4.79 Å². The molecule has 0 bridgehead atoms. The topological polar surface area (TPSA) is 34.9 Å². The molecule has 15 heavy (non-hydrogen) atoms. The van der Waals surface area contributed by atoms with Gasteiger partial charge in [0.25, 0.3) is 0 Å². The van der Waals surface area contributed by atoms with Gasteiger partial charge in [-0.1, -0.05) is 6.92 Å². The number of hydrogen-bond donors (Lipinski definition) is 0. The van der Waals surface area contributed by atoms with Gasteiger partial charge in [0.15, 0.2) is 0 Å². The number of carbonyl (C=O) groups is 1. The highest BCUT2D eigenvalue weighted by molar-refractivity contribution is 5.80. The summed E-state index contributed by atoms with van der Waals surface area (Å²) in [5.41, 5.74) is 1.09. The number of Topliss-reactive ketones (excluding diaryl/α,β-unsaturated/α-hetero) is 1. The smallest absolute Gasteiger partial charge is 0.133 e. The van der Waals surface area contributed by atoms with Crippen molar-refractivity contribution in [1.29, 1.82) is 0 Å². The van der Waals surface area contributed by atoms with Gasteiger partial charge in [0.2, 0.25) is 0 Å². The summed E-state index contributed by atoms with van der Waals surface area (Å²) in [5, 5.41) is 0. The molecule has 1 aromatic heterocycles. The lowest BCUT2D eigenvalue weighted by Crippen LogP contribution is -2.21. The van der Waals surface area contributed by atoms with Crippen LogP contribution in [0.2, 0.25) is 0 Å². The van der Waals surface area contributed by atoms with Crippen LogP contribution in [-0.4, -0.2) is 15.3 Å². The third-order valence-electron chi connectivity index (χ3n) is 3.52. The zero-order valence-electron chi connectivity index (χ0n) is 9.66. The minimum Gasteiger partial charge on any atom is -0.338 e. The SMILES string of the molecule is Cc1nc(C2CC(=O)CCC2C)cn1C. The van der Waals surface area contributed by atoms with E-state index < -0.39 is 0 Å². The van der Waals surface area contributed by atoms with Crippen LogP contribution in [0.15, 0.2) is 6.20 Å². The number of ketones is 1. The van der Waals surface area contributed by atoms with Crippen LogP contribution in [0.3, 0.4) is 0 Å². The quantitative estimate of drug-likeness (QED) is 0.706. The Morgan fingerprint density at radius 3 is 2.87 bits per heavy atom. The molecule has 0 amide bonds. The zero-order valence-corrected chi connectivity index (χ0v) is 9.66. The molecule has 2 unspecified atom stereocenters. The molecule has 0 N–H and O–H groups in total. The minimum absolute atomic E-state index is 0.339. The van der Waals surface area contributed by atoms with Crippen molar-refractivity contribution in [3.05, 3.63) is 17.7 Å². The van der Waals surface area contributed by atoms with Crippen molar-refractivity contribution >= 4 is 5.78 Å². The predicted molar refractivity (Wildman–Crippen MR) is 58.7 cm³/mol. The van der Waals surface area contributed by atoms with Crippen LogP contribution in [0.5, 0.6) is 0 Å². The first-order valence-electron chi connectivity index (χ1n) is 5.59. The number of rotatable bonds is 1. The van der Waals surface area contributed by atoms with Gasteiger partial charge in [-0.25, -0.2) is 4.98 Å². The molecule has 3 heteroatoms. The molecule has 1 aliphatic rings. The molecule has 1 aromatic rings. The van der Waals surface area contributed by atoms with E-state index in [0.29, 0.717) is 24.0 Å². The third-order valence-corrected chi connectivity index (χ3v) is 3.52. The lowest BCUT2D eigenvalue weighted by Gasteiger charge is -2.26. The Labute approximate surface area is 90.5 Å². The van der Waals surface area contributed by atoms with Crippen LogP contribution in [0, 0.1) is 12.8 Å². The molecule has 3 nitrogen and oxygen atoms in total. The molecule has 1 saturated carbocycles. The lowest BCUT2D eigenvalue weighted by atomic mass is 9.78. The average Bonchev–Trinajstić information content (AvgIpc) is 2.51. The summed E-state index contributed by atoms with van der Waals surface area (Å²) in [5.74, 6) is 2.33. The van der Waals surface area contributed by atoms with Gasteiger partial charge in [-0.15, -0.1) is 0 Å². The summed E-state index contributed by atoms with van der Waals surface area (Å²) in [6.07, 6.45) is 4.51. The molecule has 0 aliphatic heterocycles. The van der Waals surface area contributed by atoms with Gasteiger partial charge in [-0.05, 0) is 19.3 Å². The van der Waals surface area contributed by atoms with Crippen LogP contribution in [0.1, 0.15) is 43.6 Å². The van der Waals surface area contributed by atoms with Crippen molar-refractivity contribution in [3.8, 4) is 0 Å². The minimum atomic E-state index is 0.339. The van der Waals surface area contributed by atoms with Crippen LogP contribution >= 0.6 is 0 Å². The van der Waals surface area contributed by atoms with Crippen molar-refractivity contribution in [2.75, 3.05) is 0 Å². The molecular formula is C12H18N2O. The highest BCUT2D eigenvalue weighted by Gasteiger charge is 2.29. The fourth-order valence-corrected chi connectivity index (χ4v) is 2.30. The Hall–Kier alpha value is -1.12. The van der Waals surface area contributed by atoms with E-state index in [1.165, 1.54) is 0 Å². The summed E-state index contributed by atoms with van der Waals surface area (Å²) < 4.78 is 2.03. The van der Waals surface area contributed by atoms with Crippen molar-refractivity contribution in [1.82, 2.24) is 9.55 Å². The van der Waals surface area contributed by atoms with Crippen LogP contribution in [0.4, 0.5) is 0 Å². The molecule has 2 atom stereocenters. The van der Waals surface area contributed by atoms with Crippen LogP contribution in [-0.2, 0) is 11.8 Å². The van der Waals surface area contributed by atoms with Crippen LogP contribution < -0.4 is 0 Å². The van der Waals surface area contributed by atoms with Gasteiger partial charge in [-0.3, -0.25) is 4.79 Å². The van der Waals surface area contributed by atoms with E-state index in [1.807, 2.05) is 18.5 Å². The monoisotopic (exact) mass is 206 g/mol. The highest BCUT2D eigenvalue weighted by Crippen LogP contribution is 2.35. The molecule has 0 spiro atoms. The zero-order chi connectivity index (χ0) is 11.0. The van der Waals surface area contributed by atoms with Gasteiger partial charge in [0, 0.05) is 32.0 Å². The maximum atomic E-state index is 11.4. The molecule has 1 heterocycles. The Morgan fingerprint density at radius 2 is 2.27 bits per heavy atom. The lowest BCUT2D eigenvalue weighted by molar-refractivity contribution is -0.121. The van der Waals surface area contributed by atoms with E-state index in [1.54, 1.807) is 0 Å². The van der Waals surface area contributed by atoms with Crippen molar-refractivity contribution in [2.24, 2.45) is 13.0 Å². The van der Waals surface area contributed by atoms with E-state index >= 15 is 0 Å². The predicted octanol–water partition coefficient (Wildman–Crippen LogP) is 2.20. The van der Waals surface area contributed by atoms with E-state index in [0.717, 1.165) is 24.4 Å². The van der Waals surface area contributed by atoms with Gasteiger partial charge in [-0.2, -0.15) is 0 Å². The second-order valence-corrected chi connectivity index (χ2v) is 4.69. The fourth-order valence-electron chi connectivity index (χ4n) is 2.30. The number of imidazole rings is 1. The third kappa shape index (κ3) is 1.96. The number of aromatic nitrogens is 2. The molecular weight excluding hydrogens is 188 g/mol. The Kier molecular flexibility index (Phi) is 2.63. The number of nitrogens with zero attached hydrogens (tertiary/aromatic N) is 2. The normalized spacial score (nSPS) is 27.0. The van der Waals surface area contributed by atoms with Gasteiger partial charge >= 0.3 is 0 Å². The molecule has 82 valence electrons.